The molecule has 1 aromatic heterocycles. The molecule has 0 unspecified atom stereocenters. The highest BCUT2D eigenvalue weighted by molar-refractivity contribution is 9.10. The van der Waals surface area contributed by atoms with Gasteiger partial charge in [-0.1, -0.05) is 30.3 Å². The predicted octanol–water partition coefficient (Wildman–Crippen LogP) is 3.22. The summed E-state index contributed by atoms with van der Waals surface area (Å²) < 4.78 is 3.11. The number of rotatable bonds is 3. The fraction of sp³-hybridized carbons (Fsp3) is 0.176. The molecule has 3 aromatic rings. The van der Waals surface area contributed by atoms with Crippen LogP contribution in [0.25, 0.3) is 11.0 Å². The lowest BCUT2D eigenvalue weighted by Gasteiger charge is -2.10. The van der Waals surface area contributed by atoms with Gasteiger partial charge in [0, 0.05) is 13.1 Å². The molecule has 0 atom stereocenters. The molecule has 4 rings (SSSR count). The van der Waals surface area contributed by atoms with Gasteiger partial charge in [-0.2, -0.15) is 0 Å². The minimum atomic E-state index is 0.810. The normalized spacial score (nSPS) is 13.9. The van der Waals surface area contributed by atoms with E-state index in [1.807, 2.05) is 12.4 Å². The van der Waals surface area contributed by atoms with Crippen molar-refractivity contribution < 1.29 is 0 Å². The van der Waals surface area contributed by atoms with Gasteiger partial charge in [0.05, 0.1) is 28.5 Å². The molecule has 2 aromatic carbocycles. The van der Waals surface area contributed by atoms with Crippen LogP contribution in [0, 0.1) is 0 Å². The third-order valence-electron chi connectivity index (χ3n) is 3.85. The highest BCUT2D eigenvalue weighted by Gasteiger charge is 2.13. The van der Waals surface area contributed by atoms with Crippen molar-refractivity contribution in [2.75, 3.05) is 18.4 Å². The number of fused-ring (bicyclic) bond motifs is 1. The summed E-state index contributed by atoms with van der Waals surface area (Å²) in [5, 5.41) is 6.51. The van der Waals surface area contributed by atoms with E-state index in [-0.39, 0.29) is 0 Å². The highest BCUT2D eigenvalue weighted by atomic mass is 79.9. The summed E-state index contributed by atoms with van der Waals surface area (Å²) in [7, 11) is 0. The van der Waals surface area contributed by atoms with Crippen LogP contribution in [0.3, 0.4) is 0 Å². The van der Waals surface area contributed by atoms with Gasteiger partial charge in [-0.15, -0.1) is 0 Å². The number of nitrogens with one attached hydrogen (secondary N) is 2. The van der Waals surface area contributed by atoms with E-state index in [9.17, 15) is 0 Å². The summed E-state index contributed by atoms with van der Waals surface area (Å²) in [6.07, 6.45) is 1.89. The minimum Gasteiger partial charge on any atom is -0.354 e. The van der Waals surface area contributed by atoms with Gasteiger partial charge in [0.15, 0.2) is 5.96 Å². The Hall–Kier alpha value is -2.34. The van der Waals surface area contributed by atoms with Crippen LogP contribution in [0.1, 0.15) is 5.56 Å². The van der Waals surface area contributed by atoms with Crippen molar-refractivity contribution in [3.63, 3.8) is 0 Å². The maximum Gasteiger partial charge on any atom is 0.195 e. The number of nitrogens with zero attached hydrogens (tertiary/aromatic N) is 3. The Bertz CT molecular complexity index is 869. The van der Waals surface area contributed by atoms with Gasteiger partial charge in [-0.05, 0) is 33.6 Å². The number of hydrogen-bond acceptors (Lipinski definition) is 4. The van der Waals surface area contributed by atoms with Crippen molar-refractivity contribution in [2.45, 2.75) is 6.54 Å². The Labute approximate surface area is 142 Å². The van der Waals surface area contributed by atoms with E-state index in [1.54, 1.807) is 0 Å². The minimum absolute atomic E-state index is 0.810. The SMILES string of the molecule is Brc1c(NC2=NCCN2)ccc2c1ncn2Cc1ccccc1. The molecule has 0 amide bonds. The van der Waals surface area contributed by atoms with Crippen molar-refractivity contribution in [3.05, 3.63) is 58.8 Å². The first-order chi connectivity index (χ1) is 11.3. The summed E-state index contributed by atoms with van der Waals surface area (Å²) in [5.41, 5.74) is 4.28. The Morgan fingerprint density at radius 3 is 2.83 bits per heavy atom. The van der Waals surface area contributed by atoms with E-state index in [0.717, 1.165) is 46.8 Å². The van der Waals surface area contributed by atoms with E-state index in [0.29, 0.717) is 0 Å². The molecule has 0 fully saturated rings. The molecule has 0 aliphatic carbocycles. The Morgan fingerprint density at radius 1 is 1.17 bits per heavy atom. The molecule has 2 heterocycles. The summed E-state index contributed by atoms with van der Waals surface area (Å²) in [6, 6.07) is 14.5. The zero-order valence-corrected chi connectivity index (χ0v) is 14.0. The standard InChI is InChI=1S/C17H16BrN5/c18-15-13(22-17-19-8-9-20-17)6-7-14-16(15)21-11-23(14)10-12-4-2-1-3-5-12/h1-7,11H,8-10H2,(H2,19,20,22). The number of guanidine groups is 1. The number of halogens is 1. The first-order valence-corrected chi connectivity index (χ1v) is 8.33. The van der Waals surface area contributed by atoms with Crippen LogP contribution in [0.4, 0.5) is 5.69 Å². The second-order valence-corrected chi connectivity index (χ2v) is 6.23. The van der Waals surface area contributed by atoms with E-state index >= 15 is 0 Å². The molecule has 2 N–H and O–H groups in total. The lowest BCUT2D eigenvalue weighted by Crippen LogP contribution is -2.26. The first kappa shape index (κ1) is 14.3. The second kappa shape index (κ2) is 6.04. The average Bonchev–Trinajstić information content (AvgIpc) is 3.22. The second-order valence-electron chi connectivity index (χ2n) is 5.44. The van der Waals surface area contributed by atoms with Crippen molar-refractivity contribution in [3.8, 4) is 0 Å². The quantitative estimate of drug-likeness (QED) is 0.745. The van der Waals surface area contributed by atoms with E-state index < -0.39 is 0 Å². The largest absolute Gasteiger partial charge is 0.354 e. The fourth-order valence-electron chi connectivity index (χ4n) is 2.71. The highest BCUT2D eigenvalue weighted by Crippen LogP contribution is 2.31. The van der Waals surface area contributed by atoms with Crippen LogP contribution in [0.15, 0.2) is 58.3 Å². The summed E-state index contributed by atoms with van der Waals surface area (Å²) in [6.45, 7) is 2.51. The van der Waals surface area contributed by atoms with Gasteiger partial charge >= 0.3 is 0 Å². The molecular formula is C17H16BrN5. The molecule has 116 valence electrons. The molecule has 0 saturated heterocycles. The van der Waals surface area contributed by atoms with E-state index in [1.165, 1.54) is 5.56 Å². The number of anilines is 1. The zero-order valence-electron chi connectivity index (χ0n) is 12.5. The van der Waals surface area contributed by atoms with Crippen LogP contribution in [-0.4, -0.2) is 28.6 Å². The van der Waals surface area contributed by atoms with Gasteiger partial charge in [0.1, 0.15) is 5.52 Å². The van der Waals surface area contributed by atoms with Crippen LogP contribution in [0.5, 0.6) is 0 Å². The third-order valence-corrected chi connectivity index (χ3v) is 4.66. The topological polar surface area (TPSA) is 54.2 Å². The molecule has 5 nitrogen and oxygen atoms in total. The van der Waals surface area contributed by atoms with Crippen molar-refractivity contribution in [2.24, 2.45) is 4.99 Å². The molecule has 6 heteroatoms. The van der Waals surface area contributed by atoms with Crippen LogP contribution in [-0.2, 0) is 6.54 Å². The maximum atomic E-state index is 4.57. The monoisotopic (exact) mass is 369 g/mol. The van der Waals surface area contributed by atoms with Gasteiger partial charge in [-0.25, -0.2) is 4.98 Å². The lowest BCUT2D eigenvalue weighted by atomic mass is 10.2. The van der Waals surface area contributed by atoms with Gasteiger partial charge in [0.2, 0.25) is 0 Å². The van der Waals surface area contributed by atoms with Crippen LogP contribution in [0.2, 0.25) is 0 Å². The van der Waals surface area contributed by atoms with E-state index in [2.05, 4.69) is 77.5 Å². The molecule has 0 spiro atoms. The third kappa shape index (κ3) is 2.82. The molecule has 0 bridgehead atoms. The number of aromatic nitrogens is 2. The zero-order chi connectivity index (χ0) is 15.6. The Morgan fingerprint density at radius 2 is 2.04 bits per heavy atom. The van der Waals surface area contributed by atoms with Gasteiger partial charge in [0.25, 0.3) is 0 Å². The number of hydrogen-bond donors (Lipinski definition) is 2. The summed E-state index contributed by atoms with van der Waals surface area (Å²) >= 11 is 3.67. The fourth-order valence-corrected chi connectivity index (χ4v) is 3.25. The van der Waals surface area contributed by atoms with Crippen molar-refractivity contribution in [1.29, 1.82) is 0 Å². The smallest absolute Gasteiger partial charge is 0.195 e. The van der Waals surface area contributed by atoms with Crippen molar-refractivity contribution >= 4 is 38.6 Å². The van der Waals surface area contributed by atoms with Gasteiger partial charge < -0.3 is 15.2 Å². The molecule has 1 aliphatic heterocycles. The summed E-state index contributed by atoms with van der Waals surface area (Å²) in [5.74, 6) is 0.814. The van der Waals surface area contributed by atoms with E-state index in [4.69, 9.17) is 0 Å². The number of benzene rings is 2. The first-order valence-electron chi connectivity index (χ1n) is 7.54. The lowest BCUT2D eigenvalue weighted by molar-refractivity contribution is 0.824. The maximum absolute atomic E-state index is 4.57. The van der Waals surface area contributed by atoms with Gasteiger partial charge in [-0.3, -0.25) is 4.99 Å². The predicted molar refractivity (Wildman–Crippen MR) is 96.9 cm³/mol. The average molecular weight is 370 g/mol. The molecule has 1 aliphatic rings. The molecular weight excluding hydrogens is 354 g/mol. The molecule has 0 radical (unpaired) electrons. The molecule has 23 heavy (non-hydrogen) atoms. The Balaban J connectivity index is 1.66. The summed E-state index contributed by atoms with van der Waals surface area (Å²) in [4.78, 5) is 8.93. The number of imidazole rings is 1. The van der Waals surface area contributed by atoms with Crippen LogP contribution < -0.4 is 10.6 Å². The molecule has 0 saturated carbocycles. The van der Waals surface area contributed by atoms with Crippen molar-refractivity contribution in [1.82, 2.24) is 14.9 Å². The van der Waals surface area contributed by atoms with Crippen LogP contribution >= 0.6 is 15.9 Å². The number of aliphatic imine (C=N–C) groups is 1. The Kier molecular flexibility index (Phi) is 3.75.